The van der Waals surface area contributed by atoms with Crippen molar-refractivity contribution in [2.75, 3.05) is 6.54 Å². The number of hydrogen-bond acceptors (Lipinski definition) is 2. The molecule has 2 amide bonds. The first-order chi connectivity index (χ1) is 9.52. The molecule has 2 rings (SSSR count). The number of halogens is 1. The number of aryl methyl sites for hydroxylation is 1. The Morgan fingerprint density at radius 1 is 1.50 bits per heavy atom. The largest absolute Gasteiger partial charge is 0.350 e. The molecule has 5 heteroatoms. The third kappa shape index (κ3) is 3.12. The predicted molar refractivity (Wildman–Crippen MR) is 78.4 cm³/mol. The van der Waals surface area contributed by atoms with Crippen LogP contribution in [0.1, 0.15) is 30.9 Å². The van der Waals surface area contributed by atoms with Gasteiger partial charge in [0.1, 0.15) is 6.04 Å². The van der Waals surface area contributed by atoms with Crippen LogP contribution in [0.25, 0.3) is 0 Å². The SMILES string of the molecule is CCN1C(=O)CCC1C(=O)NCc1ccc(C)cc1Cl. The number of carbonyl (C=O) groups excluding carboxylic acids is 2. The second kappa shape index (κ2) is 6.27. The van der Waals surface area contributed by atoms with Crippen LogP contribution in [-0.4, -0.2) is 29.3 Å². The van der Waals surface area contributed by atoms with Crippen LogP contribution in [0.3, 0.4) is 0 Å². The fraction of sp³-hybridized carbons (Fsp3) is 0.467. The van der Waals surface area contributed by atoms with Crippen LogP contribution in [-0.2, 0) is 16.1 Å². The summed E-state index contributed by atoms with van der Waals surface area (Å²) in [6, 6.07) is 5.41. The lowest BCUT2D eigenvalue weighted by molar-refractivity contribution is -0.135. The molecule has 4 nitrogen and oxygen atoms in total. The first-order valence-electron chi connectivity index (χ1n) is 6.85. The summed E-state index contributed by atoms with van der Waals surface area (Å²) < 4.78 is 0. The number of nitrogens with one attached hydrogen (secondary N) is 1. The van der Waals surface area contributed by atoms with Gasteiger partial charge in [-0.05, 0) is 37.5 Å². The van der Waals surface area contributed by atoms with E-state index in [4.69, 9.17) is 11.6 Å². The third-order valence-corrected chi connectivity index (χ3v) is 3.99. The van der Waals surface area contributed by atoms with Crippen LogP contribution in [0.5, 0.6) is 0 Å². The summed E-state index contributed by atoms with van der Waals surface area (Å²) in [6.07, 6.45) is 1.05. The van der Waals surface area contributed by atoms with Crippen LogP contribution in [0, 0.1) is 6.92 Å². The van der Waals surface area contributed by atoms with Gasteiger partial charge in [-0.2, -0.15) is 0 Å². The Balaban J connectivity index is 1.97. The van der Waals surface area contributed by atoms with Crippen LogP contribution < -0.4 is 5.32 Å². The third-order valence-electron chi connectivity index (χ3n) is 3.63. The Morgan fingerprint density at radius 3 is 2.90 bits per heavy atom. The highest BCUT2D eigenvalue weighted by Crippen LogP contribution is 2.20. The molecule has 1 aromatic carbocycles. The van der Waals surface area contributed by atoms with Crippen molar-refractivity contribution in [3.05, 3.63) is 34.3 Å². The highest BCUT2D eigenvalue weighted by atomic mass is 35.5. The summed E-state index contributed by atoms with van der Waals surface area (Å²) in [6.45, 7) is 4.82. The number of rotatable bonds is 4. The van der Waals surface area contributed by atoms with Crippen molar-refractivity contribution in [2.24, 2.45) is 0 Å². The molecule has 0 spiro atoms. The topological polar surface area (TPSA) is 49.4 Å². The molecule has 1 heterocycles. The van der Waals surface area contributed by atoms with Crippen molar-refractivity contribution < 1.29 is 9.59 Å². The lowest BCUT2D eigenvalue weighted by Crippen LogP contribution is -2.44. The first kappa shape index (κ1) is 14.9. The Bertz CT molecular complexity index is 531. The average Bonchev–Trinajstić information content (AvgIpc) is 2.78. The lowest BCUT2D eigenvalue weighted by Gasteiger charge is -2.22. The van der Waals surface area contributed by atoms with E-state index >= 15 is 0 Å². The maximum atomic E-state index is 12.2. The van der Waals surface area contributed by atoms with E-state index in [2.05, 4.69) is 5.32 Å². The Labute approximate surface area is 124 Å². The standard InChI is InChI=1S/C15H19ClN2O2/c1-3-18-13(6-7-14(18)19)15(20)17-9-11-5-4-10(2)8-12(11)16/h4-5,8,13H,3,6-7,9H2,1-2H3,(H,17,20). The zero-order chi connectivity index (χ0) is 14.7. The maximum absolute atomic E-state index is 12.2. The van der Waals surface area contributed by atoms with E-state index in [0.717, 1.165) is 11.1 Å². The van der Waals surface area contributed by atoms with Crippen LogP contribution >= 0.6 is 11.6 Å². The van der Waals surface area contributed by atoms with Crippen molar-refractivity contribution in [3.8, 4) is 0 Å². The van der Waals surface area contributed by atoms with Gasteiger partial charge in [0.05, 0.1) is 0 Å². The second-order valence-corrected chi connectivity index (χ2v) is 5.45. The van der Waals surface area contributed by atoms with Crippen molar-refractivity contribution in [3.63, 3.8) is 0 Å². The molecule has 0 saturated carbocycles. The minimum Gasteiger partial charge on any atom is -0.350 e. The second-order valence-electron chi connectivity index (χ2n) is 5.05. The van der Waals surface area contributed by atoms with E-state index in [1.807, 2.05) is 32.0 Å². The van der Waals surface area contributed by atoms with Gasteiger partial charge in [-0.3, -0.25) is 9.59 Å². The van der Waals surface area contributed by atoms with Gasteiger partial charge in [-0.25, -0.2) is 0 Å². The molecular weight excluding hydrogens is 276 g/mol. The highest BCUT2D eigenvalue weighted by Gasteiger charge is 2.34. The molecule has 1 atom stereocenters. The summed E-state index contributed by atoms with van der Waals surface area (Å²) in [5, 5.41) is 3.52. The molecule has 1 aliphatic rings. The molecule has 0 radical (unpaired) electrons. The molecule has 0 bridgehead atoms. The van der Waals surface area contributed by atoms with Gasteiger partial charge in [0, 0.05) is 24.5 Å². The molecule has 108 valence electrons. The van der Waals surface area contributed by atoms with Gasteiger partial charge in [-0.1, -0.05) is 23.7 Å². The highest BCUT2D eigenvalue weighted by molar-refractivity contribution is 6.31. The van der Waals surface area contributed by atoms with E-state index in [9.17, 15) is 9.59 Å². The Kier molecular flexibility index (Phi) is 4.65. The monoisotopic (exact) mass is 294 g/mol. The summed E-state index contributed by atoms with van der Waals surface area (Å²) in [5.74, 6) is -0.0460. The smallest absolute Gasteiger partial charge is 0.243 e. The number of hydrogen-bond donors (Lipinski definition) is 1. The normalized spacial score (nSPS) is 18.4. The molecule has 0 aliphatic carbocycles. The van der Waals surface area contributed by atoms with Gasteiger partial charge >= 0.3 is 0 Å². The van der Waals surface area contributed by atoms with Crippen LogP contribution in [0.2, 0.25) is 5.02 Å². The molecular formula is C15H19ClN2O2. The zero-order valence-electron chi connectivity index (χ0n) is 11.8. The van der Waals surface area contributed by atoms with E-state index in [1.54, 1.807) is 4.90 Å². The number of likely N-dealkylation sites (tertiary alicyclic amines) is 1. The first-order valence-corrected chi connectivity index (χ1v) is 7.23. The van der Waals surface area contributed by atoms with Crippen molar-refractivity contribution in [1.29, 1.82) is 0 Å². The summed E-state index contributed by atoms with van der Waals surface area (Å²) >= 11 is 6.14. The number of amides is 2. The predicted octanol–water partition coefficient (Wildman–Crippen LogP) is 2.28. The fourth-order valence-corrected chi connectivity index (χ4v) is 2.80. The number of nitrogens with zero attached hydrogens (tertiary/aromatic N) is 1. The number of benzene rings is 1. The lowest BCUT2D eigenvalue weighted by atomic mass is 10.1. The Morgan fingerprint density at radius 2 is 2.25 bits per heavy atom. The van der Waals surface area contributed by atoms with E-state index < -0.39 is 0 Å². The van der Waals surface area contributed by atoms with Crippen molar-refractivity contribution in [1.82, 2.24) is 10.2 Å². The molecule has 1 saturated heterocycles. The number of carbonyl (C=O) groups is 2. The summed E-state index contributed by atoms with van der Waals surface area (Å²) in [5.41, 5.74) is 1.97. The van der Waals surface area contributed by atoms with Crippen molar-refractivity contribution in [2.45, 2.75) is 39.3 Å². The molecule has 0 aromatic heterocycles. The van der Waals surface area contributed by atoms with Gasteiger partial charge in [0.2, 0.25) is 11.8 Å². The Hall–Kier alpha value is -1.55. The van der Waals surface area contributed by atoms with E-state index in [-0.39, 0.29) is 17.9 Å². The fourth-order valence-electron chi connectivity index (χ4n) is 2.50. The molecule has 20 heavy (non-hydrogen) atoms. The molecule has 1 unspecified atom stereocenters. The maximum Gasteiger partial charge on any atom is 0.243 e. The van der Waals surface area contributed by atoms with Crippen LogP contribution in [0.15, 0.2) is 18.2 Å². The van der Waals surface area contributed by atoms with Gasteiger partial charge in [0.25, 0.3) is 0 Å². The van der Waals surface area contributed by atoms with Gasteiger partial charge in [-0.15, -0.1) is 0 Å². The summed E-state index contributed by atoms with van der Waals surface area (Å²) in [4.78, 5) is 25.4. The van der Waals surface area contributed by atoms with Gasteiger partial charge in [0.15, 0.2) is 0 Å². The average molecular weight is 295 g/mol. The molecule has 1 aromatic rings. The molecule has 1 aliphatic heterocycles. The van der Waals surface area contributed by atoms with Crippen molar-refractivity contribution >= 4 is 23.4 Å². The van der Waals surface area contributed by atoms with E-state index in [0.29, 0.717) is 31.0 Å². The summed E-state index contributed by atoms with van der Waals surface area (Å²) in [7, 11) is 0. The minimum absolute atomic E-state index is 0.0565. The molecule has 1 fully saturated rings. The van der Waals surface area contributed by atoms with Gasteiger partial charge < -0.3 is 10.2 Å². The number of likely N-dealkylation sites (N-methyl/N-ethyl adjacent to an activating group) is 1. The van der Waals surface area contributed by atoms with E-state index in [1.165, 1.54) is 0 Å². The minimum atomic E-state index is -0.336. The zero-order valence-corrected chi connectivity index (χ0v) is 12.5. The molecule has 1 N–H and O–H groups in total. The quantitative estimate of drug-likeness (QED) is 0.926. The van der Waals surface area contributed by atoms with Crippen LogP contribution in [0.4, 0.5) is 0 Å².